The van der Waals surface area contributed by atoms with Gasteiger partial charge in [0.25, 0.3) is 0 Å². The molecule has 0 saturated carbocycles. The van der Waals surface area contributed by atoms with Crippen molar-refractivity contribution < 1.29 is 18.9 Å². The lowest BCUT2D eigenvalue weighted by atomic mass is 10.1. The number of methoxy groups -OCH3 is 2. The summed E-state index contributed by atoms with van der Waals surface area (Å²) < 4.78 is 22.8. The van der Waals surface area contributed by atoms with Crippen LogP contribution in [0.1, 0.15) is 0 Å². The summed E-state index contributed by atoms with van der Waals surface area (Å²) in [6.45, 7) is 0.211. The Hall–Kier alpha value is -3.54. The molecule has 3 heterocycles. The minimum atomic E-state index is 0.211. The third-order valence-corrected chi connectivity index (χ3v) is 5.33. The molecule has 0 bridgehead atoms. The zero-order chi connectivity index (χ0) is 18.1. The number of H-pyrrole nitrogens is 2. The molecule has 0 spiro atoms. The predicted octanol–water partition coefficient (Wildman–Crippen LogP) is 4.70. The van der Waals surface area contributed by atoms with Gasteiger partial charge in [-0.3, -0.25) is 0 Å². The first-order chi connectivity index (χ1) is 13.3. The molecule has 0 fully saturated rings. The quantitative estimate of drug-likeness (QED) is 0.479. The van der Waals surface area contributed by atoms with Gasteiger partial charge in [0, 0.05) is 22.4 Å². The van der Waals surface area contributed by atoms with Crippen LogP contribution in [0.4, 0.5) is 0 Å². The zero-order valence-electron chi connectivity index (χ0n) is 14.8. The summed E-state index contributed by atoms with van der Waals surface area (Å²) in [6.07, 6.45) is 0. The molecule has 2 N–H and O–H groups in total. The monoisotopic (exact) mass is 360 g/mol. The molecule has 0 amide bonds. The molecule has 5 aromatic rings. The summed E-state index contributed by atoms with van der Waals surface area (Å²) in [5.74, 6) is 2.90. The van der Waals surface area contributed by atoms with E-state index in [-0.39, 0.29) is 6.79 Å². The average molecular weight is 360 g/mol. The average Bonchev–Trinajstić information content (AvgIpc) is 3.40. The molecule has 6 heteroatoms. The van der Waals surface area contributed by atoms with Gasteiger partial charge >= 0.3 is 0 Å². The number of benzene rings is 3. The molecule has 0 atom stereocenters. The molecule has 134 valence electrons. The second kappa shape index (κ2) is 5.01. The van der Waals surface area contributed by atoms with Gasteiger partial charge in [-0.25, -0.2) is 0 Å². The van der Waals surface area contributed by atoms with E-state index in [0.717, 1.165) is 55.1 Å². The van der Waals surface area contributed by atoms with Crippen LogP contribution in [0, 0.1) is 0 Å². The highest BCUT2D eigenvalue weighted by Crippen LogP contribution is 2.51. The fourth-order valence-corrected chi connectivity index (χ4v) is 4.16. The maximum Gasteiger partial charge on any atom is 0.231 e. The van der Waals surface area contributed by atoms with E-state index in [9.17, 15) is 0 Å². The Morgan fingerprint density at radius 3 is 2.15 bits per heavy atom. The summed E-state index contributed by atoms with van der Waals surface area (Å²) in [7, 11) is 3.27. The van der Waals surface area contributed by atoms with Crippen LogP contribution in [0.25, 0.3) is 43.6 Å². The predicted molar refractivity (Wildman–Crippen MR) is 104 cm³/mol. The summed E-state index contributed by atoms with van der Waals surface area (Å²) in [5.41, 5.74) is 4.00. The van der Waals surface area contributed by atoms with E-state index in [1.54, 1.807) is 14.2 Å². The van der Waals surface area contributed by atoms with Gasteiger partial charge in [-0.15, -0.1) is 0 Å². The lowest BCUT2D eigenvalue weighted by Gasteiger charge is -2.07. The molecule has 3 aromatic carbocycles. The Bertz CT molecular complexity index is 1380. The number of rotatable bonds is 2. The maximum atomic E-state index is 5.91. The Morgan fingerprint density at radius 1 is 0.778 bits per heavy atom. The minimum Gasteiger partial charge on any atom is -0.493 e. The van der Waals surface area contributed by atoms with Crippen LogP contribution in [-0.2, 0) is 0 Å². The van der Waals surface area contributed by atoms with Gasteiger partial charge in [0.1, 0.15) is 0 Å². The lowest BCUT2D eigenvalue weighted by molar-refractivity contribution is 0.176. The van der Waals surface area contributed by atoms with Gasteiger partial charge in [0.15, 0.2) is 23.0 Å². The first-order valence-electron chi connectivity index (χ1n) is 8.69. The molecule has 6 rings (SSSR count). The van der Waals surface area contributed by atoms with Gasteiger partial charge in [-0.1, -0.05) is 18.2 Å². The molecule has 27 heavy (non-hydrogen) atoms. The van der Waals surface area contributed by atoms with Gasteiger partial charge < -0.3 is 28.9 Å². The van der Waals surface area contributed by atoms with Crippen molar-refractivity contribution in [3.05, 3.63) is 36.4 Å². The number of fused-ring (bicyclic) bond motifs is 10. The minimum absolute atomic E-state index is 0.211. The third-order valence-electron chi connectivity index (χ3n) is 5.33. The van der Waals surface area contributed by atoms with Crippen LogP contribution < -0.4 is 18.9 Å². The van der Waals surface area contributed by atoms with E-state index in [4.69, 9.17) is 18.9 Å². The van der Waals surface area contributed by atoms with E-state index in [1.165, 1.54) is 0 Å². The van der Waals surface area contributed by atoms with Crippen molar-refractivity contribution in [2.45, 2.75) is 0 Å². The van der Waals surface area contributed by atoms with E-state index in [1.807, 2.05) is 24.3 Å². The van der Waals surface area contributed by atoms with E-state index in [2.05, 4.69) is 22.1 Å². The summed E-state index contributed by atoms with van der Waals surface area (Å²) in [4.78, 5) is 7.07. The van der Waals surface area contributed by atoms with E-state index < -0.39 is 0 Å². The van der Waals surface area contributed by atoms with Crippen LogP contribution >= 0.6 is 0 Å². The number of para-hydroxylation sites is 1. The van der Waals surface area contributed by atoms with Crippen molar-refractivity contribution in [2.24, 2.45) is 0 Å². The maximum absolute atomic E-state index is 5.91. The zero-order valence-corrected chi connectivity index (χ0v) is 14.8. The molecule has 1 aliphatic rings. The van der Waals surface area contributed by atoms with E-state index in [0.29, 0.717) is 11.5 Å². The molecular weight excluding hydrogens is 344 g/mol. The topological polar surface area (TPSA) is 68.5 Å². The molecule has 1 aliphatic heterocycles. The van der Waals surface area contributed by atoms with Gasteiger partial charge in [0.2, 0.25) is 6.79 Å². The lowest BCUT2D eigenvalue weighted by Crippen LogP contribution is -1.93. The summed E-state index contributed by atoms with van der Waals surface area (Å²) in [6, 6.07) is 12.1. The van der Waals surface area contributed by atoms with Crippen molar-refractivity contribution in [1.82, 2.24) is 9.97 Å². The Balaban J connectivity index is 1.87. The van der Waals surface area contributed by atoms with E-state index >= 15 is 0 Å². The van der Waals surface area contributed by atoms with Crippen molar-refractivity contribution in [3.8, 4) is 23.0 Å². The van der Waals surface area contributed by atoms with Crippen LogP contribution in [0.15, 0.2) is 36.4 Å². The number of ether oxygens (including phenoxy) is 4. The molecular formula is C21H16N2O4. The number of hydrogen-bond donors (Lipinski definition) is 2. The van der Waals surface area contributed by atoms with Crippen LogP contribution in [-0.4, -0.2) is 31.0 Å². The highest BCUT2D eigenvalue weighted by atomic mass is 16.7. The SMILES string of the molecule is COc1cc2[nH]c3c4[nH]c5ccccc5c4c4c(c3c2cc1OC)OCO4. The van der Waals surface area contributed by atoms with Gasteiger partial charge in [-0.2, -0.15) is 0 Å². The molecule has 0 unspecified atom stereocenters. The van der Waals surface area contributed by atoms with Crippen molar-refractivity contribution in [2.75, 3.05) is 21.0 Å². The largest absolute Gasteiger partial charge is 0.493 e. The molecule has 0 radical (unpaired) electrons. The molecule has 6 nitrogen and oxygen atoms in total. The third kappa shape index (κ3) is 1.74. The highest BCUT2D eigenvalue weighted by Gasteiger charge is 2.27. The first-order valence-corrected chi connectivity index (χ1v) is 8.69. The molecule has 2 aromatic heterocycles. The Labute approximate surface area is 153 Å². The Kier molecular flexibility index (Phi) is 2.71. The van der Waals surface area contributed by atoms with Crippen LogP contribution in [0.5, 0.6) is 23.0 Å². The van der Waals surface area contributed by atoms with Crippen LogP contribution in [0.2, 0.25) is 0 Å². The number of aromatic nitrogens is 2. The summed E-state index contributed by atoms with van der Waals surface area (Å²) in [5, 5.41) is 4.14. The fourth-order valence-electron chi connectivity index (χ4n) is 4.16. The Morgan fingerprint density at radius 2 is 1.41 bits per heavy atom. The van der Waals surface area contributed by atoms with Crippen molar-refractivity contribution in [1.29, 1.82) is 0 Å². The number of aromatic amines is 2. The summed E-state index contributed by atoms with van der Waals surface area (Å²) >= 11 is 0. The second-order valence-electron chi connectivity index (χ2n) is 6.61. The van der Waals surface area contributed by atoms with Crippen molar-refractivity contribution >= 4 is 43.6 Å². The first kappa shape index (κ1) is 14.6. The fraction of sp³-hybridized carbons (Fsp3) is 0.143. The molecule has 0 aliphatic carbocycles. The highest BCUT2D eigenvalue weighted by molar-refractivity contribution is 6.26. The normalized spacial score (nSPS) is 13.3. The molecule has 0 saturated heterocycles. The number of nitrogens with one attached hydrogen (secondary N) is 2. The van der Waals surface area contributed by atoms with Crippen LogP contribution in [0.3, 0.4) is 0 Å². The van der Waals surface area contributed by atoms with Gasteiger partial charge in [-0.05, 0) is 12.1 Å². The number of hydrogen-bond acceptors (Lipinski definition) is 4. The standard InChI is InChI=1S/C21H16N2O4/c1-24-14-7-11-13(8-15(14)25-2)23-19-17(11)21-20(26-9-27-21)16-10-5-3-4-6-12(10)22-18(16)19/h3-8,22-23H,9H2,1-2H3. The van der Waals surface area contributed by atoms with Crippen molar-refractivity contribution in [3.63, 3.8) is 0 Å². The van der Waals surface area contributed by atoms with Gasteiger partial charge in [0.05, 0.1) is 41.5 Å². The smallest absolute Gasteiger partial charge is 0.231 e. The second-order valence-corrected chi connectivity index (χ2v) is 6.61.